The van der Waals surface area contributed by atoms with Crippen LogP contribution in [-0.4, -0.2) is 22.8 Å². The molecule has 3 nitrogen and oxygen atoms in total. The fraction of sp³-hybridized carbons (Fsp3) is 0.545. The van der Waals surface area contributed by atoms with E-state index in [2.05, 4.69) is 0 Å². The Hall–Kier alpha value is -1.09. The van der Waals surface area contributed by atoms with E-state index in [1.54, 1.807) is 12.2 Å². The van der Waals surface area contributed by atoms with Gasteiger partial charge in [0.15, 0.2) is 0 Å². The fourth-order valence-corrected chi connectivity index (χ4v) is 1.03. The molecule has 0 heterocycles. The van der Waals surface area contributed by atoms with Crippen LogP contribution in [0.5, 0.6) is 0 Å². The van der Waals surface area contributed by atoms with Crippen molar-refractivity contribution in [2.45, 2.75) is 32.1 Å². The lowest BCUT2D eigenvalue weighted by molar-refractivity contribution is -0.137. The van der Waals surface area contributed by atoms with E-state index < -0.39 is 5.97 Å². The van der Waals surface area contributed by atoms with Gasteiger partial charge in [0.25, 0.3) is 0 Å². The SMILES string of the molecule is O=C(O)CCCCC/C=C/C=C/CO. The standard InChI is InChI=1S/C11H18O3/c12-10-8-6-4-2-1-3-5-7-9-11(13)14/h2,4,6,8,12H,1,3,5,7,9-10H2,(H,13,14)/b4-2+,8-6+. The number of hydrogen-bond donors (Lipinski definition) is 2. The minimum absolute atomic E-state index is 0.0724. The summed E-state index contributed by atoms with van der Waals surface area (Å²) in [6, 6.07) is 0. The van der Waals surface area contributed by atoms with Crippen LogP contribution in [0.15, 0.2) is 24.3 Å². The Balaban J connectivity index is 3.17. The number of allylic oxidation sites excluding steroid dienone is 3. The van der Waals surface area contributed by atoms with Crippen LogP contribution in [0.25, 0.3) is 0 Å². The Labute approximate surface area is 84.8 Å². The van der Waals surface area contributed by atoms with Crippen LogP contribution in [0.4, 0.5) is 0 Å². The maximum Gasteiger partial charge on any atom is 0.303 e. The highest BCUT2D eigenvalue weighted by molar-refractivity contribution is 5.66. The molecule has 0 aliphatic rings. The topological polar surface area (TPSA) is 57.5 Å². The fourth-order valence-electron chi connectivity index (χ4n) is 1.03. The van der Waals surface area contributed by atoms with Crippen LogP contribution < -0.4 is 0 Å². The third-order valence-electron chi connectivity index (χ3n) is 1.75. The highest BCUT2D eigenvalue weighted by atomic mass is 16.4. The first-order valence-corrected chi connectivity index (χ1v) is 4.91. The van der Waals surface area contributed by atoms with Gasteiger partial charge in [0, 0.05) is 6.42 Å². The van der Waals surface area contributed by atoms with E-state index in [1.807, 2.05) is 12.2 Å². The number of aliphatic hydroxyl groups excluding tert-OH is 1. The van der Waals surface area contributed by atoms with E-state index in [0.717, 1.165) is 25.7 Å². The van der Waals surface area contributed by atoms with Crippen molar-refractivity contribution in [2.75, 3.05) is 6.61 Å². The molecule has 80 valence electrons. The van der Waals surface area contributed by atoms with Crippen LogP contribution >= 0.6 is 0 Å². The second kappa shape index (κ2) is 9.99. The van der Waals surface area contributed by atoms with E-state index in [4.69, 9.17) is 10.2 Å². The molecule has 0 aliphatic heterocycles. The molecule has 0 amide bonds. The number of carbonyl (C=O) groups is 1. The van der Waals surface area contributed by atoms with Gasteiger partial charge < -0.3 is 10.2 Å². The lowest BCUT2D eigenvalue weighted by atomic mass is 10.1. The van der Waals surface area contributed by atoms with E-state index in [1.165, 1.54) is 0 Å². The first-order valence-electron chi connectivity index (χ1n) is 4.91. The molecule has 3 heteroatoms. The molecule has 0 fully saturated rings. The van der Waals surface area contributed by atoms with Gasteiger partial charge in [-0.05, 0) is 19.3 Å². The third-order valence-corrected chi connectivity index (χ3v) is 1.75. The van der Waals surface area contributed by atoms with E-state index in [9.17, 15) is 4.79 Å². The van der Waals surface area contributed by atoms with Crippen molar-refractivity contribution in [2.24, 2.45) is 0 Å². The summed E-state index contributed by atoms with van der Waals surface area (Å²) in [6.45, 7) is 0.0724. The minimum atomic E-state index is -0.716. The number of hydrogen-bond acceptors (Lipinski definition) is 2. The molecule has 0 aromatic carbocycles. The third kappa shape index (κ3) is 10.9. The normalized spacial score (nSPS) is 11.5. The van der Waals surface area contributed by atoms with Crippen molar-refractivity contribution in [3.05, 3.63) is 24.3 Å². The summed E-state index contributed by atoms with van der Waals surface area (Å²) >= 11 is 0. The Bertz CT molecular complexity index is 195. The second-order valence-corrected chi connectivity index (χ2v) is 3.03. The van der Waals surface area contributed by atoms with Crippen LogP contribution in [0.3, 0.4) is 0 Å². The molecule has 0 saturated heterocycles. The zero-order valence-corrected chi connectivity index (χ0v) is 8.35. The van der Waals surface area contributed by atoms with Crippen molar-refractivity contribution in [3.63, 3.8) is 0 Å². The summed E-state index contributed by atoms with van der Waals surface area (Å²) in [5.41, 5.74) is 0. The predicted octanol–water partition coefficient (Wildman–Crippen LogP) is 2.13. The Morgan fingerprint density at radius 2 is 1.79 bits per heavy atom. The van der Waals surface area contributed by atoms with E-state index >= 15 is 0 Å². The molecule has 0 bridgehead atoms. The van der Waals surface area contributed by atoms with Gasteiger partial charge in [-0.2, -0.15) is 0 Å². The second-order valence-electron chi connectivity index (χ2n) is 3.03. The van der Waals surface area contributed by atoms with Gasteiger partial charge in [0.1, 0.15) is 0 Å². The maximum atomic E-state index is 10.2. The predicted molar refractivity (Wildman–Crippen MR) is 56.1 cm³/mol. The summed E-state index contributed by atoms with van der Waals surface area (Å²) in [5.74, 6) is -0.716. The summed E-state index contributed by atoms with van der Waals surface area (Å²) in [6.07, 6.45) is 11.4. The molecule has 0 rings (SSSR count). The summed E-state index contributed by atoms with van der Waals surface area (Å²) in [5, 5.41) is 16.8. The Kier molecular flexibility index (Phi) is 9.22. The molecular weight excluding hydrogens is 180 g/mol. The molecule has 0 radical (unpaired) electrons. The molecule has 0 spiro atoms. The van der Waals surface area contributed by atoms with Gasteiger partial charge >= 0.3 is 5.97 Å². The van der Waals surface area contributed by atoms with Crippen molar-refractivity contribution >= 4 is 5.97 Å². The van der Waals surface area contributed by atoms with Crippen molar-refractivity contribution in [1.82, 2.24) is 0 Å². The molecule has 0 unspecified atom stereocenters. The highest BCUT2D eigenvalue weighted by Crippen LogP contribution is 2.03. The number of aliphatic carboxylic acids is 1. The Morgan fingerprint density at radius 1 is 1.07 bits per heavy atom. The first kappa shape index (κ1) is 12.9. The number of rotatable bonds is 8. The number of carboxylic acids is 1. The lowest BCUT2D eigenvalue weighted by Gasteiger charge is -1.94. The van der Waals surface area contributed by atoms with Gasteiger partial charge in [0.05, 0.1) is 6.61 Å². The largest absolute Gasteiger partial charge is 0.481 e. The lowest BCUT2D eigenvalue weighted by Crippen LogP contribution is -1.93. The maximum absolute atomic E-state index is 10.2. The van der Waals surface area contributed by atoms with Gasteiger partial charge in [-0.15, -0.1) is 0 Å². The monoisotopic (exact) mass is 198 g/mol. The molecule has 0 aliphatic carbocycles. The van der Waals surface area contributed by atoms with E-state index in [-0.39, 0.29) is 13.0 Å². The minimum Gasteiger partial charge on any atom is -0.481 e. The Morgan fingerprint density at radius 3 is 2.43 bits per heavy atom. The van der Waals surface area contributed by atoms with Crippen molar-refractivity contribution in [3.8, 4) is 0 Å². The molecule has 0 saturated carbocycles. The quantitative estimate of drug-likeness (QED) is 0.464. The zero-order valence-electron chi connectivity index (χ0n) is 8.35. The van der Waals surface area contributed by atoms with Gasteiger partial charge in [-0.1, -0.05) is 30.7 Å². The number of aliphatic hydroxyl groups is 1. The summed E-state index contributed by atoms with van der Waals surface area (Å²) in [4.78, 5) is 10.2. The first-order chi connectivity index (χ1) is 6.77. The van der Waals surface area contributed by atoms with Crippen LogP contribution in [0, 0.1) is 0 Å². The zero-order chi connectivity index (χ0) is 10.6. The van der Waals surface area contributed by atoms with Crippen LogP contribution in [-0.2, 0) is 4.79 Å². The molecular formula is C11H18O3. The number of unbranched alkanes of at least 4 members (excludes halogenated alkanes) is 3. The molecule has 2 N–H and O–H groups in total. The summed E-state index contributed by atoms with van der Waals surface area (Å²) in [7, 11) is 0. The molecule has 0 atom stereocenters. The van der Waals surface area contributed by atoms with Crippen LogP contribution in [0.1, 0.15) is 32.1 Å². The molecule has 0 aromatic heterocycles. The van der Waals surface area contributed by atoms with Crippen molar-refractivity contribution < 1.29 is 15.0 Å². The average molecular weight is 198 g/mol. The highest BCUT2D eigenvalue weighted by Gasteiger charge is 1.94. The van der Waals surface area contributed by atoms with E-state index in [0.29, 0.717) is 0 Å². The van der Waals surface area contributed by atoms with Gasteiger partial charge in [-0.3, -0.25) is 4.79 Å². The van der Waals surface area contributed by atoms with Crippen molar-refractivity contribution in [1.29, 1.82) is 0 Å². The van der Waals surface area contributed by atoms with Gasteiger partial charge in [0.2, 0.25) is 0 Å². The molecule has 14 heavy (non-hydrogen) atoms. The number of carboxylic acid groups (broad SMARTS) is 1. The smallest absolute Gasteiger partial charge is 0.303 e. The van der Waals surface area contributed by atoms with Crippen LogP contribution in [0.2, 0.25) is 0 Å². The van der Waals surface area contributed by atoms with Gasteiger partial charge in [-0.25, -0.2) is 0 Å². The summed E-state index contributed by atoms with van der Waals surface area (Å²) < 4.78 is 0. The molecule has 0 aromatic rings. The average Bonchev–Trinajstić information content (AvgIpc) is 2.15.